The highest BCUT2D eigenvalue weighted by Gasteiger charge is 2.85. The molecule has 0 bridgehead atoms. The van der Waals surface area contributed by atoms with Gasteiger partial charge >= 0.3 is 11.9 Å². The van der Waals surface area contributed by atoms with Crippen molar-refractivity contribution in [1.82, 2.24) is 0 Å². The molecule has 3 N–H and O–H groups in total. The molecular formula is C25H34Cl2FNO5. The number of fused-ring (bicyclic) bond motifs is 1. The van der Waals surface area contributed by atoms with Crippen LogP contribution in [0.5, 0.6) is 0 Å². The molecule has 6 atom stereocenters. The average Bonchev–Trinajstić information content (AvgIpc) is 3.28. The number of benzene rings is 1. The molecule has 0 saturated heterocycles. The molecule has 2 saturated carbocycles. The zero-order valence-electron chi connectivity index (χ0n) is 19.7. The molecule has 2 aliphatic rings. The average molecular weight is 518 g/mol. The number of hydrogen-bond acceptors (Lipinski definition) is 5. The van der Waals surface area contributed by atoms with Crippen LogP contribution in [0.1, 0.15) is 70.8 Å². The third kappa shape index (κ3) is 5.23. The number of unbranched alkanes of at least 4 members (excludes halogenated alkanes) is 3. The smallest absolute Gasteiger partial charge is 0.342 e. The van der Waals surface area contributed by atoms with Crippen LogP contribution in [0.3, 0.4) is 0 Å². The summed E-state index contributed by atoms with van der Waals surface area (Å²) in [6.07, 6.45) is 4.96. The Kier molecular flexibility index (Phi) is 8.88. The summed E-state index contributed by atoms with van der Waals surface area (Å²) in [5.41, 5.74) is 2.82. The van der Waals surface area contributed by atoms with Crippen LogP contribution in [0.25, 0.3) is 0 Å². The summed E-state index contributed by atoms with van der Waals surface area (Å²) < 4.78 is 27.0. The molecule has 1 aromatic carbocycles. The molecule has 2 aliphatic carbocycles. The second-order valence-electron chi connectivity index (χ2n) is 9.54. The number of carboxylic acid groups (broad SMARTS) is 1. The van der Waals surface area contributed by atoms with Crippen molar-refractivity contribution in [2.24, 2.45) is 17.6 Å². The van der Waals surface area contributed by atoms with Gasteiger partial charge in [-0.05, 0) is 43.4 Å². The van der Waals surface area contributed by atoms with E-state index in [0.29, 0.717) is 28.5 Å². The van der Waals surface area contributed by atoms with Crippen LogP contribution in [-0.4, -0.2) is 40.5 Å². The van der Waals surface area contributed by atoms with E-state index in [9.17, 15) is 14.7 Å². The number of hydrogen-bond donors (Lipinski definition) is 2. The predicted molar refractivity (Wildman–Crippen MR) is 129 cm³/mol. The summed E-state index contributed by atoms with van der Waals surface area (Å²) in [7, 11) is 0. The number of carboxylic acids is 1. The Morgan fingerprint density at radius 3 is 2.47 bits per heavy atom. The first-order valence-electron chi connectivity index (χ1n) is 12.1. The minimum atomic E-state index is -2.54. The van der Waals surface area contributed by atoms with Crippen molar-refractivity contribution in [3.8, 4) is 0 Å². The molecule has 190 valence electrons. The normalized spacial score (nSPS) is 30.6. The molecular weight excluding hydrogens is 484 g/mol. The van der Waals surface area contributed by atoms with Crippen molar-refractivity contribution in [1.29, 1.82) is 0 Å². The summed E-state index contributed by atoms with van der Waals surface area (Å²) in [6, 6.07) is 5.00. The number of halogens is 3. The van der Waals surface area contributed by atoms with E-state index in [1.807, 2.05) is 0 Å². The van der Waals surface area contributed by atoms with Gasteiger partial charge in [0.25, 0.3) is 0 Å². The van der Waals surface area contributed by atoms with E-state index >= 15 is 4.39 Å². The van der Waals surface area contributed by atoms with E-state index in [1.165, 1.54) is 0 Å². The maximum absolute atomic E-state index is 15.2. The third-order valence-electron chi connectivity index (χ3n) is 7.20. The second-order valence-corrected chi connectivity index (χ2v) is 10.4. The highest BCUT2D eigenvalue weighted by Crippen LogP contribution is 2.67. The third-order valence-corrected chi connectivity index (χ3v) is 7.94. The standard InChI is InChI=1S/C25H34Cl2FNO5/c1-3-5-7-9-16(8-6-4-2)34-23(32)25(29)20(13-17-21(25)24(17,28)22(30)31)33-14-15-10-11-18(26)19(27)12-15/h10-12,16-17,20-21H,3-9,13-14,29H2,1-2H3,(H,30,31)/t16?,17-,20-,21+,24-,25+/m1/s1. The van der Waals surface area contributed by atoms with Crippen molar-refractivity contribution >= 4 is 35.1 Å². The number of alkyl halides is 1. The van der Waals surface area contributed by atoms with E-state index in [0.717, 1.165) is 32.1 Å². The predicted octanol–water partition coefficient (Wildman–Crippen LogP) is 5.70. The summed E-state index contributed by atoms with van der Waals surface area (Å²) in [5.74, 6) is -4.46. The van der Waals surface area contributed by atoms with Crippen LogP contribution in [0.4, 0.5) is 4.39 Å². The monoisotopic (exact) mass is 517 g/mol. The lowest BCUT2D eigenvalue weighted by Gasteiger charge is -2.34. The molecule has 0 heterocycles. The van der Waals surface area contributed by atoms with Gasteiger partial charge < -0.3 is 20.3 Å². The number of carbonyl (C=O) groups is 2. The van der Waals surface area contributed by atoms with E-state index in [-0.39, 0.29) is 19.1 Å². The number of carbonyl (C=O) groups excluding carboxylic acids is 1. The lowest BCUT2D eigenvalue weighted by Crippen LogP contribution is -2.61. The van der Waals surface area contributed by atoms with Gasteiger partial charge in [0.2, 0.25) is 5.67 Å². The van der Waals surface area contributed by atoms with E-state index < -0.39 is 41.1 Å². The SMILES string of the molecule is CCCCCC(CCCC)OC(=O)[C@@]1(N)[C@H]2[C@@H](C[C@H]1OCc1ccc(Cl)c(Cl)c1)[C@]2(F)C(=O)O. The quantitative estimate of drug-likeness (QED) is 0.257. The lowest BCUT2D eigenvalue weighted by molar-refractivity contribution is -0.167. The minimum Gasteiger partial charge on any atom is -0.479 e. The van der Waals surface area contributed by atoms with Gasteiger partial charge in [-0.3, -0.25) is 0 Å². The molecule has 0 amide bonds. The topological polar surface area (TPSA) is 98.9 Å². The molecule has 3 rings (SSSR count). The Hall–Kier alpha value is -1.41. The summed E-state index contributed by atoms with van der Waals surface area (Å²) in [4.78, 5) is 25.1. The van der Waals surface area contributed by atoms with Gasteiger partial charge in [-0.15, -0.1) is 0 Å². The van der Waals surface area contributed by atoms with Gasteiger partial charge in [-0.2, -0.15) is 0 Å². The van der Waals surface area contributed by atoms with Crippen molar-refractivity contribution in [3.63, 3.8) is 0 Å². The van der Waals surface area contributed by atoms with Gasteiger partial charge in [0.05, 0.1) is 22.8 Å². The maximum atomic E-state index is 15.2. The lowest BCUT2D eigenvalue weighted by atomic mass is 9.87. The van der Waals surface area contributed by atoms with Crippen LogP contribution < -0.4 is 5.73 Å². The highest BCUT2D eigenvalue weighted by molar-refractivity contribution is 6.42. The number of esters is 1. The fraction of sp³-hybridized carbons (Fsp3) is 0.680. The molecule has 6 nitrogen and oxygen atoms in total. The first kappa shape index (κ1) is 27.2. The Labute approximate surface area is 210 Å². The van der Waals surface area contributed by atoms with E-state index in [2.05, 4.69) is 13.8 Å². The fourth-order valence-corrected chi connectivity index (χ4v) is 5.51. The van der Waals surface area contributed by atoms with E-state index in [4.69, 9.17) is 38.4 Å². The molecule has 9 heteroatoms. The molecule has 1 aromatic rings. The van der Waals surface area contributed by atoms with Gasteiger partial charge in [-0.1, -0.05) is 68.8 Å². The number of ether oxygens (including phenoxy) is 2. The first-order valence-corrected chi connectivity index (χ1v) is 12.8. The number of rotatable bonds is 13. The van der Waals surface area contributed by atoms with Crippen molar-refractivity contribution in [2.75, 3.05) is 0 Å². The summed E-state index contributed by atoms with van der Waals surface area (Å²) in [5, 5.41) is 10.2. The van der Waals surface area contributed by atoms with Crippen LogP contribution in [0, 0.1) is 11.8 Å². The van der Waals surface area contributed by atoms with Crippen molar-refractivity contribution in [3.05, 3.63) is 33.8 Å². The summed E-state index contributed by atoms with van der Waals surface area (Å²) in [6.45, 7) is 4.21. The largest absolute Gasteiger partial charge is 0.479 e. The minimum absolute atomic E-state index is 0.0237. The van der Waals surface area contributed by atoms with E-state index in [1.54, 1.807) is 18.2 Å². The number of nitrogens with two attached hydrogens (primary N) is 1. The number of aliphatic carboxylic acids is 1. The van der Waals surface area contributed by atoms with Gasteiger partial charge in [0.15, 0.2) is 0 Å². The Morgan fingerprint density at radius 2 is 1.85 bits per heavy atom. The molecule has 34 heavy (non-hydrogen) atoms. The molecule has 2 fully saturated rings. The Morgan fingerprint density at radius 1 is 1.18 bits per heavy atom. The Balaban J connectivity index is 1.78. The zero-order valence-corrected chi connectivity index (χ0v) is 21.2. The fourth-order valence-electron chi connectivity index (χ4n) is 5.19. The van der Waals surface area contributed by atoms with Gasteiger partial charge in [0.1, 0.15) is 11.6 Å². The molecule has 0 radical (unpaired) electrons. The molecule has 0 aliphatic heterocycles. The second kappa shape index (κ2) is 11.1. The summed E-state index contributed by atoms with van der Waals surface area (Å²) >= 11 is 12.0. The maximum Gasteiger partial charge on any atom is 0.342 e. The molecule has 1 unspecified atom stereocenters. The van der Waals surface area contributed by atoms with Crippen LogP contribution >= 0.6 is 23.2 Å². The van der Waals surface area contributed by atoms with Crippen molar-refractivity contribution in [2.45, 2.75) is 95.2 Å². The highest BCUT2D eigenvalue weighted by atomic mass is 35.5. The first-order chi connectivity index (χ1) is 16.1. The van der Waals surface area contributed by atoms with Crippen LogP contribution in [-0.2, 0) is 25.7 Å². The van der Waals surface area contributed by atoms with Crippen molar-refractivity contribution < 1.29 is 28.6 Å². The van der Waals surface area contributed by atoms with Gasteiger partial charge in [-0.25, -0.2) is 14.0 Å². The van der Waals surface area contributed by atoms with Gasteiger partial charge in [0, 0.05) is 11.8 Å². The molecule has 0 spiro atoms. The molecule has 0 aromatic heterocycles. The zero-order chi connectivity index (χ0) is 25.1. The van der Waals surface area contributed by atoms with Crippen LogP contribution in [0.2, 0.25) is 10.0 Å². The Bertz CT molecular complexity index is 902. The van der Waals surface area contributed by atoms with Crippen LogP contribution in [0.15, 0.2) is 18.2 Å².